The van der Waals surface area contributed by atoms with Crippen LogP contribution in [0.4, 0.5) is 0 Å². The molecule has 0 radical (unpaired) electrons. The van der Waals surface area contributed by atoms with Crippen molar-refractivity contribution in [2.24, 2.45) is 5.41 Å². The highest BCUT2D eigenvalue weighted by Gasteiger charge is 2.36. The van der Waals surface area contributed by atoms with Gasteiger partial charge in [0.15, 0.2) is 0 Å². The van der Waals surface area contributed by atoms with Crippen LogP contribution in [0.15, 0.2) is 25.0 Å². The van der Waals surface area contributed by atoms with E-state index in [0.717, 1.165) is 38.1 Å². The Balaban J connectivity index is 0. The van der Waals surface area contributed by atoms with Gasteiger partial charge in [0.1, 0.15) is 0 Å². The molecular formula is C18H37NO. The maximum absolute atomic E-state index is 5.82. The average molecular weight is 283 g/mol. The van der Waals surface area contributed by atoms with E-state index in [2.05, 4.69) is 39.0 Å². The zero-order valence-corrected chi connectivity index (χ0v) is 15.0. The molecule has 0 spiro atoms. The monoisotopic (exact) mass is 283 g/mol. The van der Waals surface area contributed by atoms with Crippen LogP contribution in [0, 0.1) is 5.41 Å². The fraction of sp³-hybridized carbons (Fsp3) is 0.778. The van der Waals surface area contributed by atoms with Crippen molar-refractivity contribution in [3.05, 3.63) is 25.0 Å². The summed E-state index contributed by atoms with van der Waals surface area (Å²) in [7, 11) is 2.17. The molecule has 1 saturated heterocycles. The second-order valence-corrected chi connectivity index (χ2v) is 5.17. The van der Waals surface area contributed by atoms with Crippen LogP contribution in [-0.4, -0.2) is 31.1 Å². The predicted molar refractivity (Wildman–Crippen MR) is 92.0 cm³/mol. The molecule has 1 rings (SSSR count). The van der Waals surface area contributed by atoms with Crippen molar-refractivity contribution in [2.45, 2.75) is 66.9 Å². The number of hydrogen-bond donors (Lipinski definition) is 0. The van der Waals surface area contributed by atoms with Crippen LogP contribution in [0.25, 0.3) is 0 Å². The molecule has 2 heteroatoms. The molecule has 0 bridgehead atoms. The Hall–Kier alpha value is -0.760. The third kappa shape index (κ3) is 7.14. The van der Waals surface area contributed by atoms with Crippen molar-refractivity contribution < 1.29 is 4.74 Å². The van der Waals surface area contributed by atoms with Crippen LogP contribution in [0.1, 0.15) is 60.8 Å². The molecule has 2 nitrogen and oxygen atoms in total. The summed E-state index contributed by atoms with van der Waals surface area (Å²) in [4.78, 5) is 2.37. The van der Waals surface area contributed by atoms with Crippen LogP contribution >= 0.6 is 0 Å². The minimum Gasteiger partial charge on any atom is -0.495 e. The topological polar surface area (TPSA) is 12.5 Å². The van der Waals surface area contributed by atoms with E-state index in [4.69, 9.17) is 4.74 Å². The predicted octanol–water partition coefficient (Wildman–Crippen LogP) is 5.27. The van der Waals surface area contributed by atoms with Crippen LogP contribution in [0.3, 0.4) is 0 Å². The Kier molecular flexibility index (Phi) is 12.9. The molecule has 0 saturated carbocycles. The fourth-order valence-electron chi connectivity index (χ4n) is 2.33. The zero-order valence-electron chi connectivity index (χ0n) is 15.0. The third-order valence-corrected chi connectivity index (χ3v) is 3.45. The molecule has 1 aliphatic heterocycles. The molecule has 0 atom stereocenters. The lowest BCUT2D eigenvalue weighted by Crippen LogP contribution is -2.39. The summed E-state index contributed by atoms with van der Waals surface area (Å²) in [6.45, 7) is 22.4. The highest BCUT2D eigenvalue weighted by atomic mass is 16.5. The molecular weight excluding hydrogens is 246 g/mol. The smallest absolute Gasteiger partial charge is 0.0957 e. The van der Waals surface area contributed by atoms with Gasteiger partial charge >= 0.3 is 0 Å². The third-order valence-electron chi connectivity index (χ3n) is 3.45. The van der Waals surface area contributed by atoms with Gasteiger partial charge in [-0.2, -0.15) is 0 Å². The molecule has 0 aromatic heterocycles. The van der Waals surface area contributed by atoms with E-state index in [9.17, 15) is 0 Å². The summed E-state index contributed by atoms with van der Waals surface area (Å²) in [5.41, 5.74) is 0.124. The Labute approximate surface area is 127 Å². The van der Waals surface area contributed by atoms with Gasteiger partial charge in [0, 0.05) is 5.41 Å². The standard InChI is InChI=1S/C14H25NO.2C2H6/c1-6-7-14(13(4)16-12(2)3)8-10-15(5)11-9-14;2*1-2/h6,12H,1,4,7-11H2,2-3,5H3;2*1-2H3. The van der Waals surface area contributed by atoms with Crippen LogP contribution in [-0.2, 0) is 4.74 Å². The molecule has 1 heterocycles. The minimum atomic E-state index is 0.124. The lowest BCUT2D eigenvalue weighted by molar-refractivity contribution is 0.0461. The Bertz CT molecular complexity index is 250. The van der Waals surface area contributed by atoms with Crippen molar-refractivity contribution in [2.75, 3.05) is 20.1 Å². The number of rotatable bonds is 5. The molecule has 0 aromatic carbocycles. The van der Waals surface area contributed by atoms with Crippen molar-refractivity contribution in [3.8, 4) is 0 Å². The number of ether oxygens (including phenoxy) is 1. The minimum absolute atomic E-state index is 0.124. The van der Waals surface area contributed by atoms with Gasteiger partial charge in [0.05, 0.1) is 11.9 Å². The number of hydrogen-bond acceptors (Lipinski definition) is 2. The first-order valence-electron chi connectivity index (χ1n) is 8.15. The summed E-state index contributed by atoms with van der Waals surface area (Å²) < 4.78 is 5.82. The van der Waals surface area contributed by atoms with Crippen LogP contribution in [0.5, 0.6) is 0 Å². The fourth-order valence-corrected chi connectivity index (χ4v) is 2.33. The van der Waals surface area contributed by atoms with Gasteiger partial charge in [-0.05, 0) is 53.2 Å². The van der Waals surface area contributed by atoms with E-state index < -0.39 is 0 Å². The normalized spacial score (nSPS) is 17.2. The number of likely N-dealkylation sites (tertiary alicyclic amines) is 1. The lowest BCUT2D eigenvalue weighted by Gasteiger charge is -2.41. The van der Waals surface area contributed by atoms with Crippen LogP contribution < -0.4 is 0 Å². The number of piperidine rings is 1. The van der Waals surface area contributed by atoms with E-state index in [0.29, 0.717) is 0 Å². The summed E-state index contributed by atoms with van der Waals surface area (Å²) in [5.74, 6) is 0.954. The molecule has 20 heavy (non-hydrogen) atoms. The van der Waals surface area contributed by atoms with Crippen molar-refractivity contribution >= 4 is 0 Å². The molecule has 0 aromatic rings. The summed E-state index contributed by atoms with van der Waals surface area (Å²) in [6.07, 6.45) is 5.45. The Morgan fingerprint density at radius 3 is 2.00 bits per heavy atom. The van der Waals surface area contributed by atoms with Crippen molar-refractivity contribution in [1.82, 2.24) is 4.90 Å². The second kappa shape index (κ2) is 12.0. The summed E-state index contributed by atoms with van der Waals surface area (Å²) in [6, 6.07) is 0. The highest BCUT2D eigenvalue weighted by molar-refractivity contribution is 5.08. The summed E-state index contributed by atoms with van der Waals surface area (Å²) >= 11 is 0. The van der Waals surface area contributed by atoms with E-state index >= 15 is 0 Å². The van der Waals surface area contributed by atoms with E-state index in [1.54, 1.807) is 0 Å². The molecule has 1 aliphatic rings. The first-order valence-corrected chi connectivity index (χ1v) is 8.15. The van der Waals surface area contributed by atoms with E-state index in [1.165, 1.54) is 0 Å². The highest BCUT2D eigenvalue weighted by Crippen LogP contribution is 2.42. The lowest BCUT2D eigenvalue weighted by atomic mass is 9.74. The van der Waals surface area contributed by atoms with Crippen molar-refractivity contribution in [3.63, 3.8) is 0 Å². The quantitative estimate of drug-likeness (QED) is 0.503. The molecule has 1 fully saturated rings. The Morgan fingerprint density at radius 1 is 1.20 bits per heavy atom. The van der Waals surface area contributed by atoms with E-state index in [1.807, 2.05) is 33.8 Å². The Morgan fingerprint density at radius 2 is 1.65 bits per heavy atom. The van der Waals surface area contributed by atoms with Crippen molar-refractivity contribution in [1.29, 1.82) is 0 Å². The van der Waals surface area contributed by atoms with E-state index in [-0.39, 0.29) is 11.5 Å². The van der Waals surface area contributed by atoms with Gasteiger partial charge in [-0.15, -0.1) is 6.58 Å². The summed E-state index contributed by atoms with van der Waals surface area (Å²) in [5, 5.41) is 0. The van der Waals surface area contributed by atoms with Gasteiger partial charge in [-0.1, -0.05) is 40.3 Å². The molecule has 0 amide bonds. The largest absolute Gasteiger partial charge is 0.495 e. The number of allylic oxidation sites excluding steroid dienone is 2. The van der Waals surface area contributed by atoms with Gasteiger partial charge in [0.2, 0.25) is 0 Å². The molecule has 0 aliphatic carbocycles. The zero-order chi connectivity index (χ0) is 16.2. The SMILES string of the molecule is C=CCC1(C(=C)OC(C)C)CCN(C)CC1.CC.CC. The average Bonchev–Trinajstić information content (AvgIpc) is 2.45. The molecule has 0 unspecified atom stereocenters. The van der Waals surface area contributed by atoms with Gasteiger partial charge in [-0.3, -0.25) is 0 Å². The number of nitrogens with zero attached hydrogens (tertiary/aromatic N) is 1. The maximum Gasteiger partial charge on any atom is 0.0957 e. The van der Waals surface area contributed by atoms with Gasteiger partial charge in [-0.25, -0.2) is 0 Å². The van der Waals surface area contributed by atoms with Gasteiger partial charge in [0.25, 0.3) is 0 Å². The molecule has 0 N–H and O–H groups in total. The first kappa shape index (κ1) is 21.5. The van der Waals surface area contributed by atoms with Gasteiger partial charge < -0.3 is 9.64 Å². The first-order chi connectivity index (χ1) is 9.50. The molecule has 120 valence electrons. The maximum atomic E-state index is 5.82. The van der Waals surface area contributed by atoms with Crippen LogP contribution in [0.2, 0.25) is 0 Å². The second-order valence-electron chi connectivity index (χ2n) is 5.17.